The lowest BCUT2D eigenvalue weighted by Crippen LogP contribution is -2.56. The number of para-hydroxylation sites is 1. The van der Waals surface area contributed by atoms with Crippen molar-refractivity contribution in [3.8, 4) is 5.75 Å². The summed E-state index contributed by atoms with van der Waals surface area (Å²) >= 11 is 0. The highest BCUT2D eigenvalue weighted by atomic mass is 16.5. The third-order valence-corrected chi connectivity index (χ3v) is 4.30. The van der Waals surface area contributed by atoms with Crippen LogP contribution >= 0.6 is 0 Å². The van der Waals surface area contributed by atoms with Crippen molar-refractivity contribution in [3.05, 3.63) is 29.8 Å². The summed E-state index contributed by atoms with van der Waals surface area (Å²) < 4.78 is 5.75. The van der Waals surface area contributed by atoms with E-state index in [0.717, 1.165) is 17.0 Å². The van der Waals surface area contributed by atoms with Gasteiger partial charge in [-0.05, 0) is 26.8 Å². The lowest BCUT2D eigenvalue weighted by Gasteiger charge is -2.41. The summed E-state index contributed by atoms with van der Waals surface area (Å²) in [5.41, 5.74) is 1.35. The van der Waals surface area contributed by atoms with E-state index in [2.05, 4.69) is 19.2 Å². The van der Waals surface area contributed by atoms with Crippen LogP contribution in [0.3, 0.4) is 0 Å². The molecule has 1 aromatic carbocycles. The molecule has 19 heavy (non-hydrogen) atoms. The minimum Gasteiger partial charge on any atom is -0.493 e. The average molecular weight is 260 g/mol. The second kappa shape index (κ2) is 4.05. The summed E-state index contributed by atoms with van der Waals surface area (Å²) in [5.74, 6) is 0.785. The first kappa shape index (κ1) is 12.6. The van der Waals surface area contributed by atoms with E-state index in [4.69, 9.17) is 9.73 Å². The summed E-state index contributed by atoms with van der Waals surface area (Å²) in [5, 5.41) is 13.3. The van der Waals surface area contributed by atoms with Crippen molar-refractivity contribution in [3.63, 3.8) is 0 Å². The summed E-state index contributed by atoms with van der Waals surface area (Å²) in [4.78, 5) is 4.89. The Bertz CT molecular complexity index is 539. The minimum atomic E-state index is -0.558. The number of aliphatic hydroxyl groups is 1. The second-order valence-corrected chi connectivity index (χ2v) is 5.90. The number of hydrogen-bond donors (Lipinski definition) is 2. The zero-order valence-electron chi connectivity index (χ0n) is 11.6. The molecule has 0 fully saturated rings. The van der Waals surface area contributed by atoms with Crippen molar-refractivity contribution < 1.29 is 9.84 Å². The van der Waals surface area contributed by atoms with Gasteiger partial charge in [0.25, 0.3) is 0 Å². The van der Waals surface area contributed by atoms with Crippen LogP contribution in [0.1, 0.15) is 26.3 Å². The lowest BCUT2D eigenvalue weighted by molar-refractivity contribution is 0.0554. The third-order valence-electron chi connectivity index (χ3n) is 4.30. The predicted octanol–water partition coefficient (Wildman–Crippen LogP) is 1.68. The van der Waals surface area contributed by atoms with Crippen LogP contribution in [0.4, 0.5) is 0 Å². The van der Waals surface area contributed by atoms with Gasteiger partial charge in [0.05, 0.1) is 24.7 Å². The normalized spacial score (nSPS) is 31.8. The quantitative estimate of drug-likeness (QED) is 0.808. The Balaban J connectivity index is 2.18. The van der Waals surface area contributed by atoms with Crippen molar-refractivity contribution in [2.75, 3.05) is 13.2 Å². The molecule has 0 amide bonds. The highest BCUT2D eigenvalue weighted by Crippen LogP contribution is 2.45. The van der Waals surface area contributed by atoms with Crippen LogP contribution in [0.2, 0.25) is 0 Å². The molecule has 0 bridgehead atoms. The molecule has 0 radical (unpaired) electrons. The number of benzene rings is 1. The Morgan fingerprint density at radius 2 is 2.16 bits per heavy atom. The fraction of sp³-hybridized carbons (Fsp3) is 0.533. The first-order valence-corrected chi connectivity index (χ1v) is 6.69. The van der Waals surface area contributed by atoms with Crippen LogP contribution in [0.5, 0.6) is 5.75 Å². The molecule has 2 N–H and O–H groups in total. The Labute approximate surface area is 113 Å². The summed E-state index contributed by atoms with van der Waals surface area (Å²) in [6.45, 7) is 6.80. The molecule has 4 nitrogen and oxygen atoms in total. The van der Waals surface area contributed by atoms with E-state index in [9.17, 15) is 5.11 Å². The molecule has 0 aliphatic carbocycles. The van der Waals surface area contributed by atoms with Crippen molar-refractivity contribution in [2.24, 2.45) is 10.9 Å². The second-order valence-electron chi connectivity index (χ2n) is 5.90. The van der Waals surface area contributed by atoms with Gasteiger partial charge in [-0.2, -0.15) is 0 Å². The zero-order valence-corrected chi connectivity index (χ0v) is 11.6. The molecule has 0 saturated carbocycles. The number of nitrogens with one attached hydrogen (secondary N) is 1. The third kappa shape index (κ3) is 1.70. The monoisotopic (exact) mass is 260 g/mol. The van der Waals surface area contributed by atoms with Gasteiger partial charge < -0.3 is 9.84 Å². The van der Waals surface area contributed by atoms with E-state index in [0.29, 0.717) is 6.61 Å². The van der Waals surface area contributed by atoms with Crippen molar-refractivity contribution in [2.45, 2.75) is 32.0 Å². The molecule has 2 unspecified atom stereocenters. The van der Waals surface area contributed by atoms with Gasteiger partial charge in [0.1, 0.15) is 11.4 Å². The van der Waals surface area contributed by atoms with Crippen molar-refractivity contribution in [1.82, 2.24) is 5.32 Å². The highest BCUT2D eigenvalue weighted by Gasteiger charge is 2.52. The van der Waals surface area contributed by atoms with Crippen LogP contribution in [-0.2, 0) is 5.66 Å². The van der Waals surface area contributed by atoms with E-state index in [1.54, 1.807) is 0 Å². The van der Waals surface area contributed by atoms with Gasteiger partial charge in [-0.25, -0.2) is 0 Å². The number of rotatable bonds is 1. The SMILES string of the molecule is CC1=NC2(NC1(C)C)c1ccccc1OCC2CO. The maximum Gasteiger partial charge on any atom is 0.148 e. The average Bonchev–Trinajstić information content (AvgIpc) is 2.62. The maximum atomic E-state index is 9.71. The molecule has 2 aliphatic rings. The van der Waals surface area contributed by atoms with Gasteiger partial charge in [0, 0.05) is 11.3 Å². The standard InChI is InChI=1S/C15H20N2O2/c1-10-14(2,3)17-15(16-10)11(8-18)9-19-13-7-5-4-6-12(13)15/h4-7,11,17-18H,8-9H2,1-3H3. The molecular formula is C15H20N2O2. The molecule has 2 aliphatic heterocycles. The molecular weight excluding hydrogens is 240 g/mol. The zero-order chi connectivity index (χ0) is 13.7. The minimum absolute atomic E-state index is 0.0498. The van der Waals surface area contributed by atoms with Crippen LogP contribution in [0.15, 0.2) is 29.3 Å². The van der Waals surface area contributed by atoms with E-state index in [1.165, 1.54) is 0 Å². The van der Waals surface area contributed by atoms with Gasteiger partial charge >= 0.3 is 0 Å². The van der Waals surface area contributed by atoms with Crippen LogP contribution < -0.4 is 10.1 Å². The van der Waals surface area contributed by atoms with E-state index in [-0.39, 0.29) is 18.1 Å². The molecule has 102 valence electrons. The lowest BCUT2D eigenvalue weighted by atomic mass is 9.84. The number of aliphatic imine (C=N–C) groups is 1. The fourth-order valence-corrected chi connectivity index (χ4v) is 2.94. The number of nitrogens with zero attached hydrogens (tertiary/aromatic N) is 1. The van der Waals surface area contributed by atoms with Gasteiger partial charge in [-0.3, -0.25) is 10.3 Å². The molecule has 0 saturated heterocycles. The molecule has 0 aromatic heterocycles. The summed E-state index contributed by atoms with van der Waals surface area (Å²) in [6, 6.07) is 7.94. The molecule has 2 atom stereocenters. The van der Waals surface area contributed by atoms with Gasteiger partial charge in [0.2, 0.25) is 0 Å². The summed E-state index contributed by atoms with van der Waals surface area (Å²) in [6.07, 6.45) is 0. The molecule has 2 heterocycles. The Morgan fingerprint density at radius 1 is 1.42 bits per heavy atom. The summed E-state index contributed by atoms with van der Waals surface area (Å²) in [7, 11) is 0. The van der Waals surface area contributed by atoms with Crippen LogP contribution in [0.25, 0.3) is 0 Å². The highest BCUT2D eigenvalue weighted by molar-refractivity contribution is 5.93. The number of ether oxygens (including phenoxy) is 1. The van der Waals surface area contributed by atoms with E-state index >= 15 is 0 Å². The van der Waals surface area contributed by atoms with Crippen molar-refractivity contribution in [1.29, 1.82) is 0 Å². The van der Waals surface area contributed by atoms with Gasteiger partial charge in [0.15, 0.2) is 0 Å². The van der Waals surface area contributed by atoms with Gasteiger partial charge in [-0.1, -0.05) is 18.2 Å². The Morgan fingerprint density at radius 3 is 2.79 bits per heavy atom. The Hall–Kier alpha value is -1.39. The molecule has 4 heteroatoms. The first-order chi connectivity index (χ1) is 8.99. The smallest absolute Gasteiger partial charge is 0.148 e. The number of hydrogen-bond acceptors (Lipinski definition) is 4. The number of aliphatic hydroxyl groups excluding tert-OH is 1. The van der Waals surface area contributed by atoms with E-state index in [1.807, 2.05) is 31.2 Å². The van der Waals surface area contributed by atoms with Crippen LogP contribution in [-0.4, -0.2) is 29.6 Å². The topological polar surface area (TPSA) is 53.9 Å². The van der Waals surface area contributed by atoms with Crippen molar-refractivity contribution >= 4 is 5.71 Å². The number of fused-ring (bicyclic) bond motifs is 2. The largest absolute Gasteiger partial charge is 0.493 e. The van der Waals surface area contributed by atoms with E-state index < -0.39 is 5.66 Å². The molecule has 1 aromatic rings. The maximum absolute atomic E-state index is 9.71. The Kier molecular flexibility index (Phi) is 2.69. The fourth-order valence-electron chi connectivity index (χ4n) is 2.94. The molecule has 3 rings (SSSR count). The first-order valence-electron chi connectivity index (χ1n) is 6.69. The molecule has 1 spiro atoms. The predicted molar refractivity (Wildman–Crippen MR) is 74.5 cm³/mol. The van der Waals surface area contributed by atoms with Gasteiger partial charge in [-0.15, -0.1) is 0 Å². The van der Waals surface area contributed by atoms with Crippen LogP contribution in [0, 0.1) is 5.92 Å².